The molecule has 1 aliphatic carbocycles. The van der Waals surface area contributed by atoms with Gasteiger partial charge in [-0.3, -0.25) is 4.79 Å². The van der Waals surface area contributed by atoms with E-state index in [0.29, 0.717) is 15.8 Å². The minimum absolute atomic E-state index is 0.179. The Morgan fingerprint density at radius 3 is 2.96 bits per heavy atom. The van der Waals surface area contributed by atoms with Crippen LogP contribution in [0.4, 0.5) is 0 Å². The van der Waals surface area contributed by atoms with Crippen LogP contribution in [0.5, 0.6) is 0 Å². The second kappa shape index (κ2) is 4.88. The van der Waals surface area contributed by atoms with E-state index in [1.54, 1.807) is 23.5 Å². The number of para-hydroxylation sites is 1. The fraction of sp³-hybridized carbons (Fsp3) is 0.167. The molecule has 0 saturated heterocycles. The standard InChI is InChI=1S/C18H12N2O3S/c21-16-14-10-5-3-7-13(10)24-17(14)20-15(19-16)11-8-9-4-1-2-6-12(9)23-18(11)22/h1-2,4,6,8H,3,5,7H2,(H,19,20,21). The first-order valence-corrected chi connectivity index (χ1v) is 8.60. The molecule has 24 heavy (non-hydrogen) atoms. The molecule has 0 atom stereocenters. The number of hydrogen-bond donors (Lipinski definition) is 1. The van der Waals surface area contributed by atoms with Gasteiger partial charge in [0.15, 0.2) is 0 Å². The van der Waals surface area contributed by atoms with Gasteiger partial charge in [-0.15, -0.1) is 11.3 Å². The number of thiophene rings is 1. The molecule has 3 aromatic heterocycles. The predicted octanol–water partition coefficient (Wildman–Crippen LogP) is 3.25. The monoisotopic (exact) mass is 336 g/mol. The van der Waals surface area contributed by atoms with Crippen molar-refractivity contribution < 1.29 is 4.42 Å². The third-order valence-electron chi connectivity index (χ3n) is 4.47. The van der Waals surface area contributed by atoms with Gasteiger partial charge in [0.1, 0.15) is 21.8 Å². The van der Waals surface area contributed by atoms with Gasteiger partial charge in [0.2, 0.25) is 0 Å². The Bertz CT molecular complexity index is 1230. The lowest BCUT2D eigenvalue weighted by atomic mass is 10.1. The lowest BCUT2D eigenvalue weighted by Crippen LogP contribution is -2.13. The van der Waals surface area contributed by atoms with Gasteiger partial charge in [-0.2, -0.15) is 0 Å². The highest BCUT2D eigenvalue weighted by Gasteiger charge is 2.22. The summed E-state index contributed by atoms with van der Waals surface area (Å²) in [7, 11) is 0. The van der Waals surface area contributed by atoms with Crippen molar-refractivity contribution in [2.45, 2.75) is 19.3 Å². The van der Waals surface area contributed by atoms with Gasteiger partial charge in [0, 0.05) is 10.3 Å². The Labute approximate surface area is 139 Å². The van der Waals surface area contributed by atoms with Gasteiger partial charge in [-0.05, 0) is 37.0 Å². The minimum Gasteiger partial charge on any atom is -0.422 e. The number of aromatic amines is 1. The number of rotatable bonds is 1. The fourth-order valence-electron chi connectivity index (χ4n) is 3.36. The van der Waals surface area contributed by atoms with Crippen molar-refractivity contribution in [1.29, 1.82) is 0 Å². The molecule has 0 fully saturated rings. The summed E-state index contributed by atoms with van der Waals surface area (Å²) in [6, 6.07) is 8.99. The van der Waals surface area contributed by atoms with Crippen molar-refractivity contribution in [2.24, 2.45) is 0 Å². The summed E-state index contributed by atoms with van der Waals surface area (Å²) in [5.74, 6) is 0.270. The third-order valence-corrected chi connectivity index (χ3v) is 5.66. The van der Waals surface area contributed by atoms with Crippen LogP contribution < -0.4 is 11.2 Å². The number of nitrogens with zero attached hydrogens (tertiary/aromatic N) is 1. The van der Waals surface area contributed by atoms with Gasteiger partial charge in [0.05, 0.1) is 5.39 Å². The van der Waals surface area contributed by atoms with Crippen molar-refractivity contribution in [3.63, 3.8) is 0 Å². The third kappa shape index (κ3) is 1.89. The van der Waals surface area contributed by atoms with Gasteiger partial charge in [0.25, 0.3) is 5.56 Å². The van der Waals surface area contributed by atoms with E-state index in [0.717, 1.165) is 30.2 Å². The van der Waals surface area contributed by atoms with E-state index in [1.807, 2.05) is 18.2 Å². The maximum absolute atomic E-state index is 12.5. The molecule has 0 saturated carbocycles. The summed E-state index contributed by atoms with van der Waals surface area (Å²) in [6.45, 7) is 0. The molecule has 0 unspecified atom stereocenters. The van der Waals surface area contributed by atoms with Crippen LogP contribution in [-0.2, 0) is 12.8 Å². The highest BCUT2D eigenvalue weighted by Crippen LogP contribution is 2.35. The van der Waals surface area contributed by atoms with Crippen LogP contribution in [-0.4, -0.2) is 9.97 Å². The molecule has 1 aliphatic rings. The van der Waals surface area contributed by atoms with Crippen LogP contribution >= 0.6 is 11.3 Å². The quantitative estimate of drug-likeness (QED) is 0.541. The molecule has 0 aliphatic heterocycles. The Morgan fingerprint density at radius 2 is 2.04 bits per heavy atom. The molecule has 0 amide bonds. The number of benzene rings is 1. The molecule has 3 heterocycles. The normalized spacial score (nSPS) is 13.7. The van der Waals surface area contributed by atoms with Crippen molar-refractivity contribution in [3.05, 3.63) is 61.5 Å². The van der Waals surface area contributed by atoms with E-state index in [2.05, 4.69) is 9.97 Å². The smallest absolute Gasteiger partial charge is 0.347 e. The number of H-pyrrole nitrogens is 1. The highest BCUT2D eigenvalue weighted by atomic mass is 32.1. The summed E-state index contributed by atoms with van der Waals surface area (Å²) in [6.07, 6.45) is 3.02. The average molecular weight is 336 g/mol. The van der Waals surface area contributed by atoms with Crippen LogP contribution in [0.25, 0.3) is 32.6 Å². The van der Waals surface area contributed by atoms with E-state index >= 15 is 0 Å². The number of nitrogens with one attached hydrogen (secondary N) is 1. The molecule has 0 spiro atoms. The van der Waals surface area contributed by atoms with Gasteiger partial charge in [-0.1, -0.05) is 18.2 Å². The van der Waals surface area contributed by atoms with E-state index in [9.17, 15) is 9.59 Å². The number of hydrogen-bond acceptors (Lipinski definition) is 5. The zero-order valence-electron chi connectivity index (χ0n) is 12.6. The number of fused-ring (bicyclic) bond motifs is 4. The first kappa shape index (κ1) is 13.7. The van der Waals surface area contributed by atoms with Crippen LogP contribution in [0, 0.1) is 0 Å². The molecular weight excluding hydrogens is 324 g/mol. The average Bonchev–Trinajstić information content (AvgIpc) is 3.14. The van der Waals surface area contributed by atoms with E-state index in [-0.39, 0.29) is 16.9 Å². The molecule has 0 bridgehead atoms. The molecule has 0 radical (unpaired) electrons. The zero-order valence-corrected chi connectivity index (χ0v) is 13.4. The maximum atomic E-state index is 12.5. The first-order valence-electron chi connectivity index (χ1n) is 7.78. The summed E-state index contributed by atoms with van der Waals surface area (Å²) >= 11 is 1.56. The molecule has 5 nitrogen and oxygen atoms in total. The lowest BCUT2D eigenvalue weighted by molar-refractivity contribution is 0.563. The topological polar surface area (TPSA) is 76.0 Å². The van der Waals surface area contributed by atoms with Crippen LogP contribution in [0.15, 0.2) is 44.3 Å². The maximum Gasteiger partial charge on any atom is 0.347 e. The number of aryl methyl sites for hydroxylation is 2. The molecule has 1 aromatic carbocycles. The van der Waals surface area contributed by atoms with Crippen molar-refractivity contribution in [1.82, 2.24) is 9.97 Å². The largest absolute Gasteiger partial charge is 0.422 e. The van der Waals surface area contributed by atoms with E-state index < -0.39 is 5.63 Å². The SMILES string of the molecule is O=c1oc2ccccc2cc1-c1nc2sc3c(c2c(=O)[nH]1)CCC3. The molecule has 1 N–H and O–H groups in total. The fourth-order valence-corrected chi connectivity index (χ4v) is 4.62. The zero-order chi connectivity index (χ0) is 16.3. The summed E-state index contributed by atoms with van der Waals surface area (Å²) < 4.78 is 5.35. The Morgan fingerprint density at radius 1 is 1.17 bits per heavy atom. The van der Waals surface area contributed by atoms with Crippen molar-refractivity contribution in [3.8, 4) is 11.4 Å². The second-order valence-corrected chi connectivity index (χ2v) is 7.02. The highest BCUT2D eigenvalue weighted by molar-refractivity contribution is 7.18. The second-order valence-electron chi connectivity index (χ2n) is 5.94. The van der Waals surface area contributed by atoms with Crippen LogP contribution in [0.2, 0.25) is 0 Å². The van der Waals surface area contributed by atoms with E-state index in [4.69, 9.17) is 4.42 Å². The Hall–Kier alpha value is -2.73. The lowest BCUT2D eigenvalue weighted by Gasteiger charge is -2.02. The minimum atomic E-state index is -0.500. The summed E-state index contributed by atoms with van der Waals surface area (Å²) in [5.41, 5.74) is 1.24. The summed E-state index contributed by atoms with van der Waals surface area (Å²) in [5, 5.41) is 1.48. The van der Waals surface area contributed by atoms with Crippen LogP contribution in [0.3, 0.4) is 0 Å². The Kier molecular flexibility index (Phi) is 2.78. The van der Waals surface area contributed by atoms with Crippen molar-refractivity contribution >= 4 is 32.5 Å². The molecule has 118 valence electrons. The van der Waals surface area contributed by atoms with Crippen molar-refractivity contribution in [2.75, 3.05) is 0 Å². The van der Waals surface area contributed by atoms with Gasteiger partial charge < -0.3 is 9.40 Å². The van der Waals surface area contributed by atoms with Gasteiger partial charge in [-0.25, -0.2) is 9.78 Å². The predicted molar refractivity (Wildman–Crippen MR) is 93.7 cm³/mol. The number of aromatic nitrogens is 2. The summed E-state index contributed by atoms with van der Waals surface area (Å²) in [4.78, 5) is 34.1. The molecule has 5 rings (SSSR count). The molecule has 6 heteroatoms. The van der Waals surface area contributed by atoms with Crippen LogP contribution in [0.1, 0.15) is 16.9 Å². The van der Waals surface area contributed by atoms with E-state index in [1.165, 1.54) is 4.88 Å². The first-order chi connectivity index (χ1) is 11.7. The Balaban J connectivity index is 1.79. The molecule has 4 aromatic rings. The molecular formula is C18H12N2O3S. The van der Waals surface area contributed by atoms with Gasteiger partial charge >= 0.3 is 5.63 Å².